The maximum atomic E-state index is 9.54. The van der Waals surface area contributed by atoms with Gasteiger partial charge in [0.1, 0.15) is 6.10 Å². The largest absolute Gasteiger partial charge is 0.493 e. The Bertz CT molecular complexity index is 383. The van der Waals surface area contributed by atoms with Crippen LogP contribution in [0.4, 0.5) is 0 Å². The van der Waals surface area contributed by atoms with Crippen LogP contribution in [0, 0.1) is 0 Å². The normalized spacial score (nSPS) is 21.4. The summed E-state index contributed by atoms with van der Waals surface area (Å²) in [6.07, 6.45) is 1.61. The van der Waals surface area contributed by atoms with Crippen LogP contribution in [-0.4, -0.2) is 31.5 Å². The lowest BCUT2D eigenvalue weighted by Crippen LogP contribution is -2.28. The lowest BCUT2D eigenvalue weighted by molar-refractivity contribution is 0.00641. The Morgan fingerprint density at radius 1 is 1.39 bits per heavy atom. The quantitative estimate of drug-likeness (QED) is 0.893. The van der Waals surface area contributed by atoms with Gasteiger partial charge >= 0.3 is 0 Å². The SMILES string of the molecule is COc1cc([C@H](C)O)ccc1OC1CCCOC1. The molecule has 1 aliphatic rings. The number of rotatable bonds is 4. The number of benzene rings is 1. The number of ether oxygens (including phenoxy) is 3. The zero-order valence-electron chi connectivity index (χ0n) is 10.9. The fourth-order valence-electron chi connectivity index (χ4n) is 2.03. The van der Waals surface area contributed by atoms with E-state index in [1.165, 1.54) is 0 Å². The maximum Gasteiger partial charge on any atom is 0.161 e. The molecular weight excluding hydrogens is 232 g/mol. The summed E-state index contributed by atoms with van der Waals surface area (Å²) >= 11 is 0. The number of hydrogen-bond acceptors (Lipinski definition) is 4. The fraction of sp³-hybridized carbons (Fsp3) is 0.571. The number of aliphatic hydroxyl groups excluding tert-OH is 1. The number of hydrogen-bond donors (Lipinski definition) is 1. The van der Waals surface area contributed by atoms with Crippen molar-refractivity contribution in [3.63, 3.8) is 0 Å². The van der Waals surface area contributed by atoms with Crippen LogP contribution >= 0.6 is 0 Å². The van der Waals surface area contributed by atoms with Gasteiger partial charge in [-0.15, -0.1) is 0 Å². The molecular formula is C14H20O4. The molecule has 1 unspecified atom stereocenters. The van der Waals surface area contributed by atoms with Crippen molar-refractivity contribution in [2.75, 3.05) is 20.3 Å². The number of methoxy groups -OCH3 is 1. The van der Waals surface area contributed by atoms with Crippen LogP contribution in [0.3, 0.4) is 0 Å². The van der Waals surface area contributed by atoms with Crippen molar-refractivity contribution in [2.45, 2.75) is 32.0 Å². The second-order valence-corrected chi connectivity index (χ2v) is 4.54. The Kier molecular flexibility index (Phi) is 4.44. The maximum absolute atomic E-state index is 9.54. The zero-order valence-corrected chi connectivity index (χ0v) is 10.9. The molecule has 0 saturated carbocycles. The summed E-state index contributed by atoms with van der Waals surface area (Å²) in [7, 11) is 1.60. The monoisotopic (exact) mass is 252 g/mol. The molecule has 100 valence electrons. The highest BCUT2D eigenvalue weighted by atomic mass is 16.5. The van der Waals surface area contributed by atoms with Crippen molar-refractivity contribution in [3.8, 4) is 11.5 Å². The van der Waals surface area contributed by atoms with Gasteiger partial charge in [-0.25, -0.2) is 0 Å². The van der Waals surface area contributed by atoms with Crippen molar-refractivity contribution in [1.82, 2.24) is 0 Å². The molecule has 1 aliphatic heterocycles. The summed E-state index contributed by atoms with van der Waals surface area (Å²) in [6.45, 7) is 3.17. The van der Waals surface area contributed by atoms with Crippen molar-refractivity contribution in [3.05, 3.63) is 23.8 Å². The molecule has 1 fully saturated rings. The van der Waals surface area contributed by atoms with Crippen LogP contribution in [0.15, 0.2) is 18.2 Å². The molecule has 1 aromatic carbocycles. The van der Waals surface area contributed by atoms with Crippen molar-refractivity contribution in [2.24, 2.45) is 0 Å². The van der Waals surface area contributed by atoms with Gasteiger partial charge in [0.15, 0.2) is 11.5 Å². The topological polar surface area (TPSA) is 47.9 Å². The minimum Gasteiger partial charge on any atom is -0.493 e. The minimum atomic E-state index is -0.508. The van der Waals surface area contributed by atoms with E-state index in [0.29, 0.717) is 18.1 Å². The van der Waals surface area contributed by atoms with E-state index >= 15 is 0 Å². The van der Waals surface area contributed by atoms with E-state index in [9.17, 15) is 5.11 Å². The predicted octanol–water partition coefficient (Wildman–Crippen LogP) is 2.31. The summed E-state index contributed by atoms with van der Waals surface area (Å²) in [5.74, 6) is 1.36. The van der Waals surface area contributed by atoms with Gasteiger partial charge in [-0.2, -0.15) is 0 Å². The molecule has 0 aromatic heterocycles. The van der Waals surface area contributed by atoms with Gasteiger partial charge in [0, 0.05) is 6.61 Å². The zero-order chi connectivity index (χ0) is 13.0. The van der Waals surface area contributed by atoms with Gasteiger partial charge in [-0.05, 0) is 37.5 Å². The molecule has 2 rings (SSSR count). The van der Waals surface area contributed by atoms with Crippen molar-refractivity contribution < 1.29 is 19.3 Å². The van der Waals surface area contributed by atoms with Crippen LogP contribution in [0.2, 0.25) is 0 Å². The second kappa shape index (κ2) is 6.07. The smallest absolute Gasteiger partial charge is 0.161 e. The summed E-state index contributed by atoms with van der Waals surface area (Å²) in [5, 5.41) is 9.54. The first-order valence-electron chi connectivity index (χ1n) is 6.31. The minimum absolute atomic E-state index is 0.0880. The third kappa shape index (κ3) is 3.15. The highest BCUT2D eigenvalue weighted by molar-refractivity contribution is 5.43. The Hall–Kier alpha value is -1.26. The first-order valence-corrected chi connectivity index (χ1v) is 6.31. The van der Waals surface area contributed by atoms with E-state index in [-0.39, 0.29) is 6.10 Å². The van der Waals surface area contributed by atoms with Crippen LogP contribution in [0.1, 0.15) is 31.4 Å². The molecule has 2 atom stereocenters. The van der Waals surface area contributed by atoms with Crippen molar-refractivity contribution in [1.29, 1.82) is 0 Å². The summed E-state index contributed by atoms with van der Waals surface area (Å²) in [6, 6.07) is 5.51. The average Bonchev–Trinajstić information content (AvgIpc) is 2.40. The standard InChI is InChI=1S/C14H20O4/c1-10(15)11-5-6-13(14(8-11)16-2)18-12-4-3-7-17-9-12/h5-6,8,10,12,15H,3-4,7,9H2,1-2H3/t10-,12?/m0/s1. The van der Waals surface area contributed by atoms with Gasteiger partial charge in [0.2, 0.25) is 0 Å². The van der Waals surface area contributed by atoms with Crippen LogP contribution in [0.25, 0.3) is 0 Å². The highest BCUT2D eigenvalue weighted by Crippen LogP contribution is 2.31. The predicted molar refractivity (Wildman–Crippen MR) is 68.1 cm³/mol. The third-order valence-electron chi connectivity index (χ3n) is 3.08. The first-order chi connectivity index (χ1) is 8.70. The van der Waals surface area contributed by atoms with Crippen LogP contribution in [0.5, 0.6) is 11.5 Å². The van der Waals surface area contributed by atoms with Crippen molar-refractivity contribution >= 4 is 0 Å². The third-order valence-corrected chi connectivity index (χ3v) is 3.08. The molecule has 4 heteroatoms. The van der Waals surface area contributed by atoms with Gasteiger partial charge in [0.25, 0.3) is 0 Å². The second-order valence-electron chi connectivity index (χ2n) is 4.54. The van der Waals surface area contributed by atoms with Gasteiger partial charge in [-0.3, -0.25) is 0 Å². The summed E-state index contributed by atoms with van der Waals surface area (Å²) < 4.78 is 16.6. The van der Waals surface area contributed by atoms with Gasteiger partial charge < -0.3 is 19.3 Å². The van der Waals surface area contributed by atoms with Gasteiger partial charge in [-0.1, -0.05) is 6.07 Å². The average molecular weight is 252 g/mol. The Labute approximate surface area is 107 Å². The molecule has 0 aliphatic carbocycles. The van der Waals surface area contributed by atoms with E-state index < -0.39 is 6.10 Å². The van der Waals surface area contributed by atoms with E-state index in [0.717, 1.165) is 25.0 Å². The molecule has 4 nitrogen and oxygen atoms in total. The molecule has 0 amide bonds. The highest BCUT2D eigenvalue weighted by Gasteiger charge is 2.18. The Morgan fingerprint density at radius 3 is 2.83 bits per heavy atom. The van der Waals surface area contributed by atoms with Gasteiger partial charge in [0.05, 0.1) is 19.8 Å². The molecule has 1 aromatic rings. The summed E-state index contributed by atoms with van der Waals surface area (Å²) in [5.41, 5.74) is 0.819. The molecule has 1 heterocycles. The Balaban J connectivity index is 2.11. The molecule has 0 radical (unpaired) electrons. The lowest BCUT2D eigenvalue weighted by Gasteiger charge is -2.24. The van der Waals surface area contributed by atoms with Crippen LogP contribution in [-0.2, 0) is 4.74 Å². The lowest BCUT2D eigenvalue weighted by atomic mass is 10.1. The van der Waals surface area contributed by atoms with E-state index in [2.05, 4.69) is 0 Å². The number of aliphatic hydroxyl groups is 1. The van der Waals surface area contributed by atoms with Crippen LogP contribution < -0.4 is 9.47 Å². The van der Waals surface area contributed by atoms with E-state index in [1.807, 2.05) is 18.2 Å². The molecule has 0 spiro atoms. The molecule has 0 bridgehead atoms. The molecule has 1 saturated heterocycles. The first kappa shape index (κ1) is 13.2. The molecule has 18 heavy (non-hydrogen) atoms. The molecule has 1 N–H and O–H groups in total. The van der Waals surface area contributed by atoms with E-state index in [1.54, 1.807) is 14.0 Å². The Morgan fingerprint density at radius 2 is 2.22 bits per heavy atom. The fourth-order valence-corrected chi connectivity index (χ4v) is 2.03. The van der Waals surface area contributed by atoms with E-state index in [4.69, 9.17) is 14.2 Å². The summed E-state index contributed by atoms with van der Waals surface area (Å²) in [4.78, 5) is 0.